The first-order valence-electron chi connectivity index (χ1n) is 4.02. The van der Waals surface area contributed by atoms with Crippen molar-refractivity contribution in [1.82, 2.24) is 0 Å². The van der Waals surface area contributed by atoms with Gasteiger partial charge in [0.1, 0.15) is 0 Å². The molecule has 13 heavy (non-hydrogen) atoms. The van der Waals surface area contributed by atoms with E-state index in [9.17, 15) is 4.79 Å². The fraction of sp³-hybridized carbons (Fsp3) is 0.444. The Kier molecular flexibility index (Phi) is 4.97. The summed E-state index contributed by atoms with van der Waals surface area (Å²) in [6.07, 6.45) is 5.07. The van der Waals surface area contributed by atoms with Crippen molar-refractivity contribution in [2.24, 2.45) is 0 Å². The van der Waals surface area contributed by atoms with Gasteiger partial charge in [0.15, 0.2) is 5.78 Å². The highest BCUT2D eigenvalue weighted by molar-refractivity contribution is 9.11. The van der Waals surface area contributed by atoms with Gasteiger partial charge >= 0.3 is 0 Å². The predicted octanol–water partition coefficient (Wildman–Crippen LogP) is 1.78. The molecule has 1 heterocycles. The highest BCUT2D eigenvalue weighted by atomic mass is 79.9. The second-order valence-corrected chi connectivity index (χ2v) is 3.02. The van der Waals surface area contributed by atoms with Crippen molar-refractivity contribution in [3.05, 3.63) is 23.2 Å². The zero-order valence-electron chi connectivity index (χ0n) is 7.11. The quantitative estimate of drug-likeness (QED) is 0.710. The van der Waals surface area contributed by atoms with Gasteiger partial charge in [0, 0.05) is 6.42 Å². The lowest BCUT2D eigenvalue weighted by Gasteiger charge is -2.04. The van der Waals surface area contributed by atoms with Crippen molar-refractivity contribution >= 4 is 21.7 Å². The Bertz CT molecular complexity index is 217. The van der Waals surface area contributed by atoms with Gasteiger partial charge < -0.3 is 9.47 Å². The molecule has 0 unspecified atom stereocenters. The summed E-state index contributed by atoms with van der Waals surface area (Å²) in [6.45, 7) is 1.03. The topological polar surface area (TPSA) is 35.5 Å². The number of carbonyl (C=O) groups excluding carboxylic acids is 1. The Hall–Kier alpha value is -0.450. The summed E-state index contributed by atoms with van der Waals surface area (Å²) in [5.74, 6) is -0.0308. The van der Waals surface area contributed by atoms with Crippen LogP contribution in [0.1, 0.15) is 6.42 Å². The number of ether oxygens (including phenoxy) is 2. The van der Waals surface area contributed by atoms with E-state index >= 15 is 0 Å². The Balaban J connectivity index is 2.24. The lowest BCUT2D eigenvalue weighted by molar-refractivity contribution is -0.143. The molecule has 1 aliphatic heterocycles. The maximum Gasteiger partial charge on any atom is 0.218 e. The Morgan fingerprint density at radius 2 is 2.08 bits per heavy atom. The molecule has 3 nitrogen and oxygen atoms in total. The Morgan fingerprint density at radius 3 is 2.69 bits per heavy atom. The van der Waals surface area contributed by atoms with Gasteiger partial charge in [0.05, 0.1) is 13.2 Å². The van der Waals surface area contributed by atoms with Crippen LogP contribution in [0.5, 0.6) is 0 Å². The van der Waals surface area contributed by atoms with Crippen LogP contribution in [0.15, 0.2) is 23.2 Å². The fourth-order valence-electron chi connectivity index (χ4n) is 0.945. The minimum Gasteiger partial charge on any atom is -0.344 e. The van der Waals surface area contributed by atoms with E-state index in [0.717, 1.165) is 0 Å². The van der Waals surface area contributed by atoms with E-state index in [1.54, 1.807) is 23.2 Å². The monoisotopic (exact) mass is 246 g/mol. The maximum atomic E-state index is 11.3. The SMILES string of the molecule is O=C(CC=CC=CBr)C1OCCO1. The predicted molar refractivity (Wildman–Crippen MR) is 52.5 cm³/mol. The minimum atomic E-state index is -0.641. The van der Waals surface area contributed by atoms with E-state index in [-0.39, 0.29) is 5.78 Å². The average Bonchev–Trinajstić information content (AvgIpc) is 2.65. The first-order chi connectivity index (χ1) is 6.34. The molecule has 0 amide bonds. The third-order valence-corrected chi connectivity index (χ3v) is 1.83. The minimum absolute atomic E-state index is 0.0308. The first kappa shape index (κ1) is 10.6. The zero-order valence-corrected chi connectivity index (χ0v) is 8.70. The molecule has 1 saturated heterocycles. The summed E-state index contributed by atoms with van der Waals surface area (Å²) < 4.78 is 10.1. The number of allylic oxidation sites excluding steroid dienone is 3. The Morgan fingerprint density at radius 1 is 1.38 bits per heavy atom. The van der Waals surface area contributed by atoms with Gasteiger partial charge in [-0.05, 0) is 4.99 Å². The molecule has 4 heteroatoms. The number of rotatable bonds is 4. The van der Waals surface area contributed by atoms with Gasteiger partial charge in [0.2, 0.25) is 6.29 Å². The van der Waals surface area contributed by atoms with E-state index in [1.165, 1.54) is 0 Å². The van der Waals surface area contributed by atoms with Crippen LogP contribution in [0.4, 0.5) is 0 Å². The molecule has 0 radical (unpaired) electrons. The highest BCUT2D eigenvalue weighted by Crippen LogP contribution is 2.07. The van der Waals surface area contributed by atoms with Crippen molar-refractivity contribution in [2.75, 3.05) is 13.2 Å². The molecular formula is C9H11BrO3. The standard InChI is InChI=1S/C9H11BrO3/c10-5-3-1-2-4-8(11)9-12-6-7-13-9/h1-3,5,9H,4,6-7H2. The number of ketones is 1. The second-order valence-electron chi connectivity index (χ2n) is 2.49. The summed E-state index contributed by atoms with van der Waals surface area (Å²) in [4.78, 5) is 13.0. The first-order valence-corrected chi connectivity index (χ1v) is 4.94. The van der Waals surface area contributed by atoms with Crippen LogP contribution in [0.25, 0.3) is 0 Å². The molecule has 0 aliphatic carbocycles. The number of carbonyl (C=O) groups is 1. The molecule has 0 atom stereocenters. The molecule has 0 spiro atoms. The van der Waals surface area contributed by atoms with Crippen molar-refractivity contribution in [2.45, 2.75) is 12.7 Å². The summed E-state index contributed by atoms with van der Waals surface area (Å²) >= 11 is 3.12. The van der Waals surface area contributed by atoms with Gasteiger partial charge in [-0.3, -0.25) is 4.79 Å². The molecule has 0 bridgehead atoms. The summed E-state index contributed by atoms with van der Waals surface area (Å²) in [5.41, 5.74) is 0. The molecular weight excluding hydrogens is 236 g/mol. The lowest BCUT2D eigenvalue weighted by Crippen LogP contribution is -2.20. The summed E-state index contributed by atoms with van der Waals surface area (Å²) in [6, 6.07) is 0. The van der Waals surface area contributed by atoms with E-state index in [4.69, 9.17) is 9.47 Å². The third-order valence-electron chi connectivity index (χ3n) is 1.52. The van der Waals surface area contributed by atoms with Crippen molar-refractivity contribution in [1.29, 1.82) is 0 Å². The molecule has 72 valence electrons. The number of Topliss-reactive ketones (excluding diaryl/α,β-unsaturated/α-hetero) is 1. The smallest absolute Gasteiger partial charge is 0.218 e. The van der Waals surface area contributed by atoms with Gasteiger partial charge in [0.25, 0.3) is 0 Å². The fourth-order valence-corrected chi connectivity index (χ4v) is 1.12. The van der Waals surface area contributed by atoms with Crippen LogP contribution >= 0.6 is 15.9 Å². The van der Waals surface area contributed by atoms with Crippen LogP contribution in [0, 0.1) is 0 Å². The number of hydrogen-bond donors (Lipinski definition) is 0. The largest absolute Gasteiger partial charge is 0.344 e. The van der Waals surface area contributed by atoms with Crippen molar-refractivity contribution < 1.29 is 14.3 Å². The van der Waals surface area contributed by atoms with Gasteiger partial charge in [-0.15, -0.1) is 0 Å². The number of halogens is 1. The van der Waals surface area contributed by atoms with Crippen LogP contribution < -0.4 is 0 Å². The van der Waals surface area contributed by atoms with Crippen LogP contribution in [-0.4, -0.2) is 25.3 Å². The molecule has 0 aromatic heterocycles. The van der Waals surface area contributed by atoms with Crippen molar-refractivity contribution in [3.63, 3.8) is 0 Å². The summed E-state index contributed by atoms with van der Waals surface area (Å²) in [7, 11) is 0. The molecule has 0 aromatic carbocycles. The van der Waals surface area contributed by atoms with Crippen LogP contribution in [0.3, 0.4) is 0 Å². The maximum absolute atomic E-state index is 11.3. The third kappa shape index (κ3) is 3.85. The Labute approximate surface area is 85.5 Å². The molecule has 1 fully saturated rings. The lowest BCUT2D eigenvalue weighted by atomic mass is 10.2. The van der Waals surface area contributed by atoms with Crippen LogP contribution in [0.2, 0.25) is 0 Å². The zero-order chi connectivity index (χ0) is 9.52. The summed E-state index contributed by atoms with van der Waals surface area (Å²) in [5, 5.41) is 0. The van der Waals surface area contributed by atoms with E-state index in [2.05, 4.69) is 15.9 Å². The molecule has 1 rings (SSSR count). The molecule has 0 saturated carbocycles. The highest BCUT2D eigenvalue weighted by Gasteiger charge is 2.22. The number of hydrogen-bond acceptors (Lipinski definition) is 3. The van der Waals surface area contributed by atoms with E-state index in [1.807, 2.05) is 0 Å². The van der Waals surface area contributed by atoms with Crippen molar-refractivity contribution in [3.8, 4) is 0 Å². The van der Waals surface area contributed by atoms with E-state index < -0.39 is 6.29 Å². The van der Waals surface area contributed by atoms with Crippen LogP contribution in [-0.2, 0) is 14.3 Å². The molecule has 0 N–H and O–H groups in total. The van der Waals surface area contributed by atoms with Gasteiger partial charge in [-0.1, -0.05) is 34.2 Å². The normalized spacial score (nSPS) is 19.2. The molecule has 1 aliphatic rings. The van der Waals surface area contributed by atoms with Gasteiger partial charge in [-0.25, -0.2) is 0 Å². The average molecular weight is 247 g/mol. The molecule has 0 aromatic rings. The van der Waals surface area contributed by atoms with Gasteiger partial charge in [-0.2, -0.15) is 0 Å². The van der Waals surface area contributed by atoms with E-state index in [0.29, 0.717) is 19.6 Å². The second kappa shape index (κ2) is 6.07.